The van der Waals surface area contributed by atoms with Crippen LogP contribution in [0, 0.1) is 25.2 Å². The van der Waals surface area contributed by atoms with E-state index in [9.17, 15) is 4.79 Å². The molecule has 1 fully saturated rings. The van der Waals surface area contributed by atoms with Gasteiger partial charge < -0.3 is 9.47 Å². The summed E-state index contributed by atoms with van der Waals surface area (Å²) in [4.78, 5) is 17.2. The smallest absolute Gasteiger partial charge is 0.349 e. The van der Waals surface area contributed by atoms with Gasteiger partial charge >= 0.3 is 5.97 Å². The lowest BCUT2D eigenvalue weighted by atomic mass is 10.0. The van der Waals surface area contributed by atoms with Gasteiger partial charge in [0.15, 0.2) is 5.60 Å². The van der Waals surface area contributed by atoms with Crippen molar-refractivity contribution in [3.63, 3.8) is 0 Å². The number of carbonyl (C=O) groups excluding carboxylic acids is 1. The second-order valence-corrected chi connectivity index (χ2v) is 9.25. The van der Waals surface area contributed by atoms with Crippen LogP contribution in [-0.4, -0.2) is 54.2 Å². The Hall–Kier alpha value is -2.88. The maximum absolute atomic E-state index is 12.2. The van der Waals surface area contributed by atoms with Gasteiger partial charge in [-0.1, -0.05) is 24.3 Å². The van der Waals surface area contributed by atoms with E-state index >= 15 is 0 Å². The molecule has 0 unspecified atom stereocenters. The monoisotopic (exact) mass is 449 g/mol. The molecule has 0 amide bonds. The molecule has 0 atom stereocenters. The third-order valence-electron chi connectivity index (χ3n) is 6.00. The van der Waals surface area contributed by atoms with Crippen molar-refractivity contribution in [1.82, 2.24) is 9.80 Å². The highest BCUT2D eigenvalue weighted by Crippen LogP contribution is 2.29. The van der Waals surface area contributed by atoms with E-state index in [4.69, 9.17) is 14.7 Å². The lowest BCUT2D eigenvalue weighted by Crippen LogP contribution is -2.45. The number of rotatable bonds is 8. The molecule has 0 radical (unpaired) electrons. The van der Waals surface area contributed by atoms with E-state index in [-0.39, 0.29) is 5.97 Å². The summed E-state index contributed by atoms with van der Waals surface area (Å²) in [5.74, 6) is 0.399. The maximum atomic E-state index is 12.2. The van der Waals surface area contributed by atoms with Crippen LogP contribution in [0.2, 0.25) is 0 Å². The lowest BCUT2D eigenvalue weighted by Gasteiger charge is -2.35. The molecule has 1 aliphatic heterocycles. The summed E-state index contributed by atoms with van der Waals surface area (Å²) < 4.78 is 11.2. The third-order valence-corrected chi connectivity index (χ3v) is 6.00. The zero-order valence-corrected chi connectivity index (χ0v) is 20.5. The van der Waals surface area contributed by atoms with Crippen molar-refractivity contribution >= 4 is 5.97 Å². The number of hydrogen-bond donors (Lipinski definition) is 0. The lowest BCUT2D eigenvalue weighted by molar-refractivity contribution is -0.158. The van der Waals surface area contributed by atoms with Gasteiger partial charge in [-0.3, -0.25) is 9.80 Å². The van der Waals surface area contributed by atoms with E-state index in [0.29, 0.717) is 12.2 Å². The Morgan fingerprint density at radius 3 is 1.97 bits per heavy atom. The topological polar surface area (TPSA) is 65.8 Å². The molecule has 0 spiro atoms. The minimum atomic E-state index is -1.03. The van der Waals surface area contributed by atoms with Gasteiger partial charge in [-0.2, -0.15) is 5.26 Å². The van der Waals surface area contributed by atoms with Crippen LogP contribution < -0.4 is 4.74 Å². The summed E-state index contributed by atoms with van der Waals surface area (Å²) in [5, 5.41) is 8.95. The molecule has 2 aromatic rings. The second kappa shape index (κ2) is 10.8. The van der Waals surface area contributed by atoms with E-state index in [0.717, 1.165) is 56.1 Å². The number of ether oxygens (including phenoxy) is 2. The summed E-state index contributed by atoms with van der Waals surface area (Å²) in [6.45, 7) is 15.6. The van der Waals surface area contributed by atoms with Crippen molar-refractivity contribution in [2.75, 3.05) is 32.8 Å². The Morgan fingerprint density at radius 1 is 0.970 bits per heavy atom. The van der Waals surface area contributed by atoms with Gasteiger partial charge in [0.2, 0.25) is 0 Å². The van der Waals surface area contributed by atoms with E-state index in [1.807, 2.05) is 38.1 Å². The number of carbonyl (C=O) groups is 1. The van der Waals surface area contributed by atoms with Gasteiger partial charge in [-0.25, -0.2) is 4.79 Å². The Kier molecular flexibility index (Phi) is 8.12. The number of piperazine rings is 1. The zero-order valence-electron chi connectivity index (χ0n) is 20.5. The van der Waals surface area contributed by atoms with Gasteiger partial charge in [0.05, 0.1) is 18.2 Å². The predicted octanol–water partition coefficient (Wildman–Crippen LogP) is 4.21. The molecule has 0 bridgehead atoms. The Bertz CT molecular complexity index is 977. The number of hydrogen-bond acceptors (Lipinski definition) is 6. The molecule has 0 aliphatic carbocycles. The Labute approximate surface area is 197 Å². The highest BCUT2D eigenvalue weighted by atomic mass is 16.6. The van der Waals surface area contributed by atoms with Crippen molar-refractivity contribution < 1.29 is 14.3 Å². The predicted molar refractivity (Wildman–Crippen MR) is 129 cm³/mol. The molecule has 0 N–H and O–H groups in total. The molecule has 3 rings (SSSR count). The fraction of sp³-hybridized carbons (Fsp3) is 0.481. The van der Waals surface area contributed by atoms with Gasteiger partial charge in [-0.15, -0.1) is 0 Å². The Morgan fingerprint density at radius 2 is 1.48 bits per heavy atom. The number of benzene rings is 2. The van der Waals surface area contributed by atoms with Crippen molar-refractivity contribution in [3.05, 3.63) is 64.2 Å². The van der Waals surface area contributed by atoms with Crippen LogP contribution in [0.15, 0.2) is 36.4 Å². The molecule has 6 nitrogen and oxygen atoms in total. The SMILES string of the molecule is CCOC(=O)C(C)(C)Oc1c(C)cc(CN2CCN(Cc3ccc(C#N)cc3)CC2)cc1C. The maximum Gasteiger partial charge on any atom is 0.349 e. The minimum Gasteiger partial charge on any atom is -0.476 e. The van der Waals surface area contributed by atoms with Gasteiger partial charge in [0.1, 0.15) is 5.75 Å². The molecule has 1 aliphatic rings. The fourth-order valence-electron chi connectivity index (χ4n) is 4.20. The van der Waals surface area contributed by atoms with Crippen LogP contribution in [0.25, 0.3) is 0 Å². The third kappa shape index (κ3) is 6.56. The van der Waals surface area contributed by atoms with Crippen molar-refractivity contribution in [1.29, 1.82) is 5.26 Å². The van der Waals surface area contributed by atoms with Crippen molar-refractivity contribution in [2.45, 2.75) is 53.3 Å². The average molecular weight is 450 g/mol. The molecule has 176 valence electrons. The molecule has 6 heteroatoms. The standard InChI is InChI=1S/C27H35N3O3/c1-6-32-26(31)27(4,5)33-25-20(2)15-24(16-21(25)3)19-30-13-11-29(12-14-30)18-23-9-7-22(17-28)8-10-23/h7-10,15-16H,6,11-14,18-19H2,1-5H3. The number of esters is 1. The number of aryl methyl sites for hydroxylation is 2. The van der Waals surface area contributed by atoms with Crippen LogP contribution in [0.1, 0.15) is 48.6 Å². The summed E-state index contributed by atoms with van der Waals surface area (Å²) >= 11 is 0. The fourth-order valence-corrected chi connectivity index (χ4v) is 4.20. The average Bonchev–Trinajstić information content (AvgIpc) is 2.78. The highest BCUT2D eigenvalue weighted by Gasteiger charge is 2.32. The normalized spacial score (nSPS) is 15.2. The summed E-state index contributed by atoms with van der Waals surface area (Å²) in [7, 11) is 0. The molecule has 2 aromatic carbocycles. The van der Waals surface area contributed by atoms with E-state index < -0.39 is 5.60 Å². The quantitative estimate of drug-likeness (QED) is 0.563. The number of nitrogens with zero attached hydrogens (tertiary/aromatic N) is 3. The molecule has 0 aromatic heterocycles. The molecule has 1 saturated heterocycles. The van der Waals surface area contributed by atoms with Gasteiger partial charge in [0.25, 0.3) is 0 Å². The first-order valence-electron chi connectivity index (χ1n) is 11.6. The molecule has 0 saturated carbocycles. The summed E-state index contributed by atoms with van der Waals surface area (Å²) in [5.41, 5.74) is 4.23. The van der Waals surface area contributed by atoms with E-state index in [1.54, 1.807) is 20.8 Å². The first-order valence-corrected chi connectivity index (χ1v) is 11.6. The van der Waals surface area contributed by atoms with Crippen LogP contribution >= 0.6 is 0 Å². The van der Waals surface area contributed by atoms with Crippen LogP contribution in [-0.2, 0) is 22.6 Å². The second-order valence-electron chi connectivity index (χ2n) is 9.25. The van der Waals surface area contributed by atoms with Crippen molar-refractivity contribution in [2.24, 2.45) is 0 Å². The summed E-state index contributed by atoms with van der Waals surface area (Å²) in [6.07, 6.45) is 0. The van der Waals surface area contributed by atoms with Gasteiger partial charge in [-0.05, 0) is 69.0 Å². The molecular formula is C27H35N3O3. The van der Waals surface area contributed by atoms with Crippen LogP contribution in [0.5, 0.6) is 5.75 Å². The largest absolute Gasteiger partial charge is 0.476 e. The molecule has 1 heterocycles. The first-order chi connectivity index (χ1) is 15.7. The minimum absolute atomic E-state index is 0.337. The molecular weight excluding hydrogens is 414 g/mol. The van der Waals surface area contributed by atoms with E-state index in [1.165, 1.54) is 11.1 Å². The zero-order chi connectivity index (χ0) is 24.0. The Balaban J connectivity index is 1.56. The van der Waals surface area contributed by atoms with Crippen LogP contribution in [0.4, 0.5) is 0 Å². The first kappa shape index (κ1) is 24.8. The van der Waals surface area contributed by atoms with Crippen LogP contribution in [0.3, 0.4) is 0 Å². The number of nitriles is 1. The summed E-state index contributed by atoms with van der Waals surface area (Å²) in [6, 6.07) is 14.4. The van der Waals surface area contributed by atoms with E-state index in [2.05, 4.69) is 28.0 Å². The highest BCUT2D eigenvalue weighted by molar-refractivity contribution is 5.79. The van der Waals surface area contributed by atoms with Gasteiger partial charge in [0, 0.05) is 39.3 Å². The van der Waals surface area contributed by atoms with Crippen molar-refractivity contribution in [3.8, 4) is 11.8 Å². The molecule has 33 heavy (non-hydrogen) atoms.